The molecule has 0 bridgehead atoms. The smallest absolute Gasteiger partial charge is 0.207 e. The van der Waals surface area contributed by atoms with Gasteiger partial charge in [0.25, 0.3) is 0 Å². The van der Waals surface area contributed by atoms with E-state index < -0.39 is 15.6 Å². The highest BCUT2D eigenvalue weighted by Crippen LogP contribution is 2.19. The molecule has 17 heavy (non-hydrogen) atoms. The Labute approximate surface area is 119 Å². The van der Waals surface area contributed by atoms with Gasteiger partial charge < -0.3 is 0 Å². The number of alkyl halides is 1. The van der Waals surface area contributed by atoms with E-state index in [1.165, 1.54) is 0 Å². The van der Waals surface area contributed by atoms with Crippen molar-refractivity contribution in [2.24, 2.45) is 0 Å². The maximum Gasteiger partial charge on any atom is 0.241 e. The highest BCUT2D eigenvalue weighted by Gasteiger charge is 2.25. The fourth-order valence-electron chi connectivity index (χ4n) is 1.34. The van der Waals surface area contributed by atoms with E-state index in [1.807, 2.05) is 13.8 Å². The van der Waals surface area contributed by atoms with E-state index in [-0.39, 0.29) is 4.90 Å². The Morgan fingerprint density at radius 2 is 2.00 bits per heavy atom. The molecule has 0 fully saturated rings. The van der Waals surface area contributed by atoms with E-state index >= 15 is 0 Å². The summed E-state index contributed by atoms with van der Waals surface area (Å²) >= 11 is 6.58. The van der Waals surface area contributed by atoms with Gasteiger partial charge >= 0.3 is 0 Å². The fourth-order valence-corrected chi connectivity index (χ4v) is 4.37. The molecule has 0 amide bonds. The summed E-state index contributed by atoms with van der Waals surface area (Å²) in [6, 6.07) is 6.67. The van der Waals surface area contributed by atoms with Gasteiger partial charge in [0.05, 0.1) is 4.90 Å². The molecule has 0 spiro atoms. The molecule has 0 radical (unpaired) electrons. The van der Waals surface area contributed by atoms with Gasteiger partial charge in [0.1, 0.15) is 0 Å². The normalized spacial score (nSPS) is 12.7. The molecule has 0 saturated carbocycles. The quantitative estimate of drug-likeness (QED) is 0.791. The third-order valence-corrected chi connectivity index (χ3v) is 4.82. The number of hydrogen-bond donors (Lipinski definition) is 1. The van der Waals surface area contributed by atoms with E-state index in [0.717, 1.165) is 16.2 Å². The van der Waals surface area contributed by atoms with E-state index in [9.17, 15) is 8.42 Å². The maximum atomic E-state index is 12.1. The molecule has 3 nitrogen and oxygen atoms in total. The molecule has 1 rings (SSSR count). The van der Waals surface area contributed by atoms with E-state index in [2.05, 4.69) is 36.6 Å². The lowest BCUT2D eigenvalue weighted by atomic mass is 10.0. The van der Waals surface area contributed by atoms with Crippen molar-refractivity contribution in [3.8, 4) is 0 Å². The van der Waals surface area contributed by atoms with Crippen LogP contribution in [0.25, 0.3) is 0 Å². The molecule has 0 saturated heterocycles. The van der Waals surface area contributed by atoms with Crippen LogP contribution in [0.4, 0.5) is 0 Å². The first-order chi connectivity index (χ1) is 7.77. The summed E-state index contributed by atoms with van der Waals surface area (Å²) in [6.45, 7) is 3.73. The lowest BCUT2D eigenvalue weighted by Crippen LogP contribution is -2.43. The van der Waals surface area contributed by atoms with Gasteiger partial charge in [-0.3, -0.25) is 0 Å². The van der Waals surface area contributed by atoms with Gasteiger partial charge in [0.15, 0.2) is 0 Å². The molecule has 1 N–H and O–H groups in total. The van der Waals surface area contributed by atoms with Gasteiger partial charge in [-0.1, -0.05) is 37.9 Å². The number of halogens is 2. The Kier molecular flexibility index (Phi) is 5.19. The molecule has 0 aliphatic carbocycles. The summed E-state index contributed by atoms with van der Waals surface area (Å²) in [7, 11) is -3.46. The van der Waals surface area contributed by atoms with Crippen LogP contribution < -0.4 is 4.72 Å². The van der Waals surface area contributed by atoms with Crippen LogP contribution in [0.15, 0.2) is 33.6 Å². The van der Waals surface area contributed by atoms with Crippen molar-refractivity contribution < 1.29 is 8.42 Å². The molecule has 6 heteroatoms. The van der Waals surface area contributed by atoms with Crippen molar-refractivity contribution in [1.29, 1.82) is 0 Å². The summed E-state index contributed by atoms with van der Waals surface area (Å²) < 4.78 is 27.7. The van der Waals surface area contributed by atoms with Crippen LogP contribution in [0.2, 0.25) is 0 Å². The Morgan fingerprint density at radius 3 is 2.53 bits per heavy atom. The second kappa shape index (κ2) is 5.82. The number of rotatable bonds is 5. The van der Waals surface area contributed by atoms with Crippen molar-refractivity contribution in [2.75, 3.05) is 5.33 Å². The molecule has 1 aromatic rings. The Bertz CT molecular complexity index is 486. The lowest BCUT2D eigenvalue weighted by Gasteiger charge is -2.25. The van der Waals surface area contributed by atoms with Gasteiger partial charge in [-0.25, -0.2) is 13.1 Å². The zero-order chi connectivity index (χ0) is 13.1. The predicted molar refractivity (Wildman–Crippen MR) is 77.0 cm³/mol. The first-order valence-electron chi connectivity index (χ1n) is 5.12. The molecule has 0 aliphatic rings. The van der Waals surface area contributed by atoms with Crippen LogP contribution in [-0.4, -0.2) is 19.3 Å². The maximum absolute atomic E-state index is 12.1. The summed E-state index contributed by atoms with van der Waals surface area (Å²) in [4.78, 5) is 0.273. The molecule has 0 atom stereocenters. The van der Waals surface area contributed by atoms with Gasteiger partial charge in [-0.05, 0) is 38.5 Å². The molecule has 0 aromatic heterocycles. The van der Waals surface area contributed by atoms with Crippen LogP contribution in [0, 0.1) is 0 Å². The summed E-state index contributed by atoms with van der Waals surface area (Å²) in [5.74, 6) is 0. The van der Waals surface area contributed by atoms with Crippen LogP contribution in [0.5, 0.6) is 0 Å². The standard InChI is InChI=1S/C11H15Br2NO2S/c1-11(2,6-7-12)14-17(15,16)10-5-3-4-9(13)8-10/h3-5,8,14H,6-7H2,1-2H3. The van der Waals surface area contributed by atoms with Gasteiger partial charge in [0, 0.05) is 15.3 Å². The average Bonchev–Trinajstić information content (AvgIpc) is 2.15. The van der Waals surface area contributed by atoms with E-state index in [0.29, 0.717) is 0 Å². The topological polar surface area (TPSA) is 46.2 Å². The molecule has 1 aromatic carbocycles. The average molecular weight is 385 g/mol. The largest absolute Gasteiger partial charge is 0.241 e. The predicted octanol–water partition coefficient (Wildman–Crippen LogP) is 3.29. The van der Waals surface area contributed by atoms with Gasteiger partial charge in [-0.2, -0.15) is 0 Å². The second-order valence-corrected chi connectivity index (χ2v) is 7.78. The zero-order valence-corrected chi connectivity index (χ0v) is 13.7. The van der Waals surface area contributed by atoms with E-state index in [1.54, 1.807) is 24.3 Å². The number of sulfonamides is 1. The van der Waals surface area contributed by atoms with Crippen LogP contribution in [-0.2, 0) is 10.0 Å². The molecule has 0 heterocycles. The van der Waals surface area contributed by atoms with Crippen molar-refractivity contribution >= 4 is 41.9 Å². The number of benzene rings is 1. The molecule has 96 valence electrons. The van der Waals surface area contributed by atoms with Crippen molar-refractivity contribution in [3.63, 3.8) is 0 Å². The SMILES string of the molecule is CC(C)(CCBr)NS(=O)(=O)c1cccc(Br)c1. The van der Waals surface area contributed by atoms with Crippen LogP contribution in [0.3, 0.4) is 0 Å². The van der Waals surface area contributed by atoms with Crippen molar-refractivity contribution in [2.45, 2.75) is 30.7 Å². The molecular formula is C11H15Br2NO2S. The van der Waals surface area contributed by atoms with Crippen LogP contribution >= 0.6 is 31.9 Å². The first kappa shape index (κ1) is 15.1. The first-order valence-corrected chi connectivity index (χ1v) is 8.52. The van der Waals surface area contributed by atoms with Gasteiger partial charge in [-0.15, -0.1) is 0 Å². The van der Waals surface area contributed by atoms with Crippen molar-refractivity contribution in [3.05, 3.63) is 28.7 Å². The third kappa shape index (κ3) is 4.69. The second-order valence-electron chi connectivity index (χ2n) is 4.39. The highest BCUT2D eigenvalue weighted by molar-refractivity contribution is 9.10. The molecular weight excluding hydrogens is 370 g/mol. The summed E-state index contributed by atoms with van der Waals surface area (Å²) in [5.41, 5.74) is -0.468. The lowest BCUT2D eigenvalue weighted by molar-refractivity contribution is 0.443. The minimum absolute atomic E-state index is 0.273. The highest BCUT2D eigenvalue weighted by atomic mass is 79.9. The minimum Gasteiger partial charge on any atom is -0.207 e. The van der Waals surface area contributed by atoms with Crippen LogP contribution in [0.1, 0.15) is 20.3 Å². The Balaban J connectivity index is 2.97. The summed E-state index contributed by atoms with van der Waals surface area (Å²) in [5, 5.41) is 0.751. The van der Waals surface area contributed by atoms with E-state index in [4.69, 9.17) is 0 Å². The minimum atomic E-state index is -3.46. The van der Waals surface area contributed by atoms with Crippen molar-refractivity contribution in [1.82, 2.24) is 4.72 Å². The van der Waals surface area contributed by atoms with Gasteiger partial charge in [0.2, 0.25) is 10.0 Å². The molecule has 0 unspecified atom stereocenters. The third-order valence-electron chi connectivity index (χ3n) is 2.24. The Morgan fingerprint density at radius 1 is 1.35 bits per heavy atom. The fraction of sp³-hybridized carbons (Fsp3) is 0.455. The Hall–Kier alpha value is 0.0900. The number of hydrogen-bond acceptors (Lipinski definition) is 2. The monoisotopic (exact) mass is 383 g/mol. The number of nitrogens with one attached hydrogen (secondary N) is 1. The zero-order valence-electron chi connectivity index (χ0n) is 9.70. The molecule has 0 aliphatic heterocycles. The summed E-state index contributed by atoms with van der Waals surface area (Å²) in [6.07, 6.45) is 0.722.